The van der Waals surface area contributed by atoms with Crippen molar-refractivity contribution in [3.05, 3.63) is 34.5 Å². The molecule has 0 unspecified atom stereocenters. The molecule has 0 aliphatic carbocycles. The fourth-order valence-corrected chi connectivity index (χ4v) is 1.99. The maximum Gasteiger partial charge on any atom is 0.155 e. The van der Waals surface area contributed by atoms with E-state index >= 15 is 0 Å². The smallest absolute Gasteiger partial charge is 0.155 e. The van der Waals surface area contributed by atoms with Gasteiger partial charge in [0.25, 0.3) is 0 Å². The molecular weight excluding hydrogens is 274 g/mol. The zero-order valence-electron chi connectivity index (χ0n) is 12.5. The van der Waals surface area contributed by atoms with E-state index in [1.54, 1.807) is 10.9 Å². The molecule has 0 spiro atoms. The van der Waals surface area contributed by atoms with E-state index in [9.17, 15) is 0 Å². The van der Waals surface area contributed by atoms with Crippen LogP contribution in [0.4, 0.5) is 0 Å². The van der Waals surface area contributed by atoms with Crippen molar-refractivity contribution in [1.82, 2.24) is 25.1 Å². The van der Waals surface area contributed by atoms with Crippen molar-refractivity contribution in [2.45, 2.75) is 46.7 Å². The van der Waals surface area contributed by atoms with Gasteiger partial charge in [-0.1, -0.05) is 11.6 Å². The molecule has 0 saturated carbocycles. The first-order chi connectivity index (χ1) is 9.26. The average molecular weight is 294 g/mol. The number of rotatable bonds is 3. The quantitative estimate of drug-likeness (QED) is 0.945. The number of aromatic nitrogens is 4. The summed E-state index contributed by atoms with van der Waals surface area (Å²) >= 11 is 6.21. The third-order valence-electron chi connectivity index (χ3n) is 2.82. The minimum Gasteiger partial charge on any atom is -0.308 e. The van der Waals surface area contributed by atoms with Gasteiger partial charge in [0, 0.05) is 18.3 Å². The van der Waals surface area contributed by atoms with E-state index in [4.69, 9.17) is 11.6 Å². The van der Waals surface area contributed by atoms with E-state index in [0.29, 0.717) is 11.6 Å². The Hall–Kier alpha value is -1.46. The van der Waals surface area contributed by atoms with Crippen LogP contribution < -0.4 is 5.32 Å². The van der Waals surface area contributed by atoms with Gasteiger partial charge >= 0.3 is 0 Å². The van der Waals surface area contributed by atoms with Crippen molar-refractivity contribution in [3.63, 3.8) is 0 Å². The maximum atomic E-state index is 6.21. The Morgan fingerprint density at radius 3 is 2.55 bits per heavy atom. The van der Waals surface area contributed by atoms with Gasteiger partial charge in [-0.3, -0.25) is 0 Å². The predicted molar refractivity (Wildman–Crippen MR) is 80.2 cm³/mol. The summed E-state index contributed by atoms with van der Waals surface area (Å²) in [5.74, 6) is 2.28. The van der Waals surface area contributed by atoms with Gasteiger partial charge in [0.2, 0.25) is 0 Å². The molecule has 20 heavy (non-hydrogen) atoms. The highest BCUT2D eigenvalue weighted by Gasteiger charge is 2.13. The summed E-state index contributed by atoms with van der Waals surface area (Å²) in [7, 11) is 0. The topological polar surface area (TPSA) is 55.6 Å². The van der Waals surface area contributed by atoms with Crippen LogP contribution in [0.3, 0.4) is 0 Å². The normalized spacial score (nSPS) is 11.9. The lowest BCUT2D eigenvalue weighted by Gasteiger charge is -2.21. The Morgan fingerprint density at radius 2 is 2.00 bits per heavy atom. The van der Waals surface area contributed by atoms with Crippen molar-refractivity contribution in [2.75, 3.05) is 0 Å². The number of halogens is 1. The van der Waals surface area contributed by atoms with Crippen LogP contribution in [0.25, 0.3) is 5.82 Å². The van der Waals surface area contributed by atoms with Gasteiger partial charge < -0.3 is 5.32 Å². The van der Waals surface area contributed by atoms with E-state index in [1.807, 2.05) is 19.9 Å². The summed E-state index contributed by atoms with van der Waals surface area (Å²) in [5.41, 5.74) is 1.03. The SMILES string of the molecule is Cc1nc(C)n(-c2cc(CNC(C)(C)C)c(Cl)cn2)n1. The van der Waals surface area contributed by atoms with Crippen LogP contribution in [0, 0.1) is 13.8 Å². The molecule has 0 aromatic carbocycles. The summed E-state index contributed by atoms with van der Waals surface area (Å²) < 4.78 is 1.73. The zero-order valence-corrected chi connectivity index (χ0v) is 13.3. The van der Waals surface area contributed by atoms with Crippen LogP contribution >= 0.6 is 11.6 Å². The third kappa shape index (κ3) is 3.55. The number of nitrogens with zero attached hydrogens (tertiary/aromatic N) is 4. The van der Waals surface area contributed by atoms with Gasteiger partial charge in [0.05, 0.1) is 5.02 Å². The molecule has 0 saturated heterocycles. The van der Waals surface area contributed by atoms with Crippen LogP contribution in [-0.2, 0) is 6.54 Å². The lowest BCUT2D eigenvalue weighted by molar-refractivity contribution is 0.424. The molecule has 0 aliphatic rings. The first-order valence-corrected chi connectivity index (χ1v) is 6.94. The van der Waals surface area contributed by atoms with Crippen LogP contribution in [0.1, 0.15) is 38.0 Å². The Bertz CT molecular complexity index is 613. The number of aryl methyl sites for hydroxylation is 2. The van der Waals surface area contributed by atoms with E-state index < -0.39 is 0 Å². The van der Waals surface area contributed by atoms with Crippen molar-refractivity contribution in [2.24, 2.45) is 0 Å². The number of nitrogens with one attached hydrogen (secondary N) is 1. The van der Waals surface area contributed by atoms with Gasteiger partial charge in [-0.2, -0.15) is 4.68 Å². The molecule has 2 aromatic heterocycles. The fraction of sp³-hybridized carbons (Fsp3) is 0.500. The van der Waals surface area contributed by atoms with Crippen molar-refractivity contribution in [1.29, 1.82) is 0 Å². The highest BCUT2D eigenvalue weighted by Crippen LogP contribution is 2.18. The van der Waals surface area contributed by atoms with E-state index in [0.717, 1.165) is 23.0 Å². The molecule has 2 rings (SSSR count). The van der Waals surface area contributed by atoms with Crippen molar-refractivity contribution in [3.8, 4) is 5.82 Å². The molecule has 0 fully saturated rings. The monoisotopic (exact) mass is 293 g/mol. The van der Waals surface area contributed by atoms with E-state index in [1.165, 1.54) is 0 Å². The van der Waals surface area contributed by atoms with E-state index in [2.05, 4.69) is 41.2 Å². The van der Waals surface area contributed by atoms with Crippen molar-refractivity contribution >= 4 is 11.6 Å². The Labute approximate surface area is 124 Å². The first-order valence-electron chi connectivity index (χ1n) is 6.56. The highest BCUT2D eigenvalue weighted by molar-refractivity contribution is 6.31. The Morgan fingerprint density at radius 1 is 1.30 bits per heavy atom. The largest absolute Gasteiger partial charge is 0.308 e. The van der Waals surface area contributed by atoms with Crippen LogP contribution in [0.2, 0.25) is 5.02 Å². The fourth-order valence-electron chi connectivity index (χ4n) is 1.82. The summed E-state index contributed by atoms with van der Waals surface area (Å²) in [6.07, 6.45) is 1.66. The number of hydrogen-bond donors (Lipinski definition) is 1. The molecule has 108 valence electrons. The summed E-state index contributed by atoms with van der Waals surface area (Å²) in [6.45, 7) is 10.8. The van der Waals surface area contributed by atoms with Gasteiger partial charge in [0.15, 0.2) is 5.82 Å². The molecule has 2 aromatic rings. The molecular formula is C14H20ClN5. The second kappa shape index (κ2) is 5.50. The second-order valence-corrected chi connectivity index (χ2v) is 6.26. The number of hydrogen-bond acceptors (Lipinski definition) is 4. The lowest BCUT2D eigenvalue weighted by Crippen LogP contribution is -2.35. The molecule has 0 aliphatic heterocycles. The van der Waals surface area contributed by atoms with E-state index in [-0.39, 0.29) is 5.54 Å². The van der Waals surface area contributed by atoms with Crippen molar-refractivity contribution < 1.29 is 0 Å². The Kier molecular flexibility index (Phi) is 4.11. The third-order valence-corrected chi connectivity index (χ3v) is 3.16. The highest BCUT2D eigenvalue weighted by atomic mass is 35.5. The standard InChI is InChI=1S/C14H20ClN5/c1-9-18-10(2)20(19-9)13-6-11(12(15)8-16-13)7-17-14(3,4)5/h6,8,17H,7H2,1-5H3. The lowest BCUT2D eigenvalue weighted by atomic mass is 10.1. The summed E-state index contributed by atoms with van der Waals surface area (Å²) in [4.78, 5) is 8.62. The van der Waals surface area contributed by atoms with Crippen LogP contribution in [0.15, 0.2) is 12.3 Å². The molecule has 6 heteroatoms. The summed E-state index contributed by atoms with van der Waals surface area (Å²) in [5, 5.41) is 8.41. The molecule has 2 heterocycles. The average Bonchev–Trinajstić information content (AvgIpc) is 2.66. The molecule has 0 radical (unpaired) electrons. The van der Waals surface area contributed by atoms with Crippen LogP contribution in [0.5, 0.6) is 0 Å². The van der Waals surface area contributed by atoms with Crippen LogP contribution in [-0.4, -0.2) is 25.3 Å². The van der Waals surface area contributed by atoms with Gasteiger partial charge in [-0.25, -0.2) is 9.97 Å². The minimum absolute atomic E-state index is 0.0342. The van der Waals surface area contributed by atoms with Gasteiger partial charge in [0.1, 0.15) is 11.6 Å². The molecule has 0 bridgehead atoms. The zero-order chi connectivity index (χ0) is 14.9. The molecule has 0 amide bonds. The molecule has 1 N–H and O–H groups in total. The molecule has 5 nitrogen and oxygen atoms in total. The molecule has 0 atom stereocenters. The first kappa shape index (κ1) is 14.9. The summed E-state index contributed by atoms with van der Waals surface area (Å²) in [6, 6.07) is 1.95. The maximum absolute atomic E-state index is 6.21. The Balaban J connectivity index is 2.31. The van der Waals surface area contributed by atoms with Gasteiger partial charge in [-0.15, -0.1) is 5.10 Å². The number of pyridine rings is 1. The second-order valence-electron chi connectivity index (χ2n) is 5.86. The predicted octanol–water partition coefficient (Wildman–Crippen LogP) is 2.82. The minimum atomic E-state index is 0.0342. The van der Waals surface area contributed by atoms with Gasteiger partial charge in [-0.05, 0) is 46.2 Å².